The number of likely N-dealkylation sites (tertiary alicyclic amines) is 1. The van der Waals surface area contributed by atoms with Crippen LogP contribution in [0.3, 0.4) is 0 Å². The molecule has 1 amide bonds. The average Bonchev–Trinajstić information content (AvgIpc) is 2.90. The van der Waals surface area contributed by atoms with E-state index in [9.17, 15) is 4.79 Å². The van der Waals surface area contributed by atoms with Gasteiger partial charge in [-0.2, -0.15) is 0 Å². The van der Waals surface area contributed by atoms with E-state index in [4.69, 9.17) is 0 Å². The summed E-state index contributed by atoms with van der Waals surface area (Å²) >= 11 is 0. The fourth-order valence-corrected chi connectivity index (χ4v) is 2.94. The topological polar surface area (TPSA) is 32.3 Å². The van der Waals surface area contributed by atoms with Gasteiger partial charge >= 0.3 is 0 Å². The Labute approximate surface area is 114 Å². The molecule has 1 aromatic rings. The maximum atomic E-state index is 12.1. The zero-order valence-corrected chi connectivity index (χ0v) is 10.9. The molecule has 98 valence electrons. The third kappa shape index (κ3) is 2.80. The van der Waals surface area contributed by atoms with Gasteiger partial charge in [0.15, 0.2) is 0 Å². The van der Waals surface area contributed by atoms with Crippen LogP contribution in [0.4, 0.5) is 0 Å². The molecule has 1 N–H and O–H groups in total. The van der Waals surface area contributed by atoms with E-state index >= 15 is 0 Å². The summed E-state index contributed by atoms with van der Waals surface area (Å²) in [5, 5.41) is 3.50. The first-order valence-corrected chi connectivity index (χ1v) is 6.92. The van der Waals surface area contributed by atoms with Crippen LogP contribution in [0.2, 0.25) is 0 Å². The standard InChI is InChI=1S/C16H18N2O/c19-16(9-8-13-5-2-1-3-6-13)18-11-14-7-4-10-17-15(14)12-18/h1-3,5-6,14-15,17H,4,7,10-12H2/t14-,15+/m0/s1. The van der Waals surface area contributed by atoms with E-state index < -0.39 is 0 Å². The number of piperidine rings is 1. The lowest BCUT2D eigenvalue weighted by Gasteiger charge is -2.24. The lowest BCUT2D eigenvalue weighted by Crippen LogP contribution is -2.40. The number of hydrogen-bond donors (Lipinski definition) is 1. The quantitative estimate of drug-likeness (QED) is 0.707. The van der Waals surface area contributed by atoms with Crippen molar-refractivity contribution < 1.29 is 4.79 Å². The van der Waals surface area contributed by atoms with Gasteiger partial charge in [-0.15, -0.1) is 0 Å². The zero-order chi connectivity index (χ0) is 13.1. The number of amides is 1. The highest BCUT2D eigenvalue weighted by atomic mass is 16.2. The smallest absolute Gasteiger partial charge is 0.298 e. The summed E-state index contributed by atoms with van der Waals surface area (Å²) in [6.45, 7) is 2.76. The molecule has 19 heavy (non-hydrogen) atoms. The number of carbonyl (C=O) groups is 1. The zero-order valence-electron chi connectivity index (χ0n) is 10.9. The highest BCUT2D eigenvalue weighted by Crippen LogP contribution is 2.24. The van der Waals surface area contributed by atoms with Gasteiger partial charge in [0.2, 0.25) is 0 Å². The van der Waals surface area contributed by atoms with Crippen molar-refractivity contribution in [3.8, 4) is 11.8 Å². The van der Waals surface area contributed by atoms with Crippen molar-refractivity contribution in [1.29, 1.82) is 0 Å². The van der Waals surface area contributed by atoms with E-state index in [0.29, 0.717) is 12.0 Å². The van der Waals surface area contributed by atoms with E-state index in [1.54, 1.807) is 0 Å². The molecule has 0 saturated carbocycles. The van der Waals surface area contributed by atoms with Crippen LogP contribution in [0.15, 0.2) is 30.3 Å². The maximum absolute atomic E-state index is 12.1. The maximum Gasteiger partial charge on any atom is 0.298 e. The fourth-order valence-electron chi connectivity index (χ4n) is 2.94. The van der Waals surface area contributed by atoms with Gasteiger partial charge in [-0.25, -0.2) is 0 Å². The number of rotatable bonds is 0. The van der Waals surface area contributed by atoms with Gasteiger partial charge < -0.3 is 10.2 Å². The van der Waals surface area contributed by atoms with Crippen LogP contribution >= 0.6 is 0 Å². The van der Waals surface area contributed by atoms with Crippen LogP contribution in [0.25, 0.3) is 0 Å². The van der Waals surface area contributed by atoms with Crippen molar-refractivity contribution in [2.75, 3.05) is 19.6 Å². The molecule has 1 aromatic carbocycles. The Balaban J connectivity index is 1.64. The molecule has 0 bridgehead atoms. The first-order valence-electron chi connectivity index (χ1n) is 6.92. The predicted molar refractivity (Wildman–Crippen MR) is 74.4 cm³/mol. The molecule has 3 nitrogen and oxygen atoms in total. The van der Waals surface area contributed by atoms with Gasteiger partial charge in [0, 0.05) is 30.6 Å². The second-order valence-electron chi connectivity index (χ2n) is 5.29. The van der Waals surface area contributed by atoms with Gasteiger partial charge in [0.25, 0.3) is 5.91 Å². The average molecular weight is 254 g/mol. The predicted octanol–water partition coefficient (Wildman–Crippen LogP) is 1.25. The number of fused-ring (bicyclic) bond motifs is 1. The molecular weight excluding hydrogens is 236 g/mol. The van der Waals surface area contributed by atoms with E-state index in [0.717, 1.165) is 25.2 Å². The molecule has 0 unspecified atom stereocenters. The molecule has 0 aliphatic carbocycles. The summed E-state index contributed by atoms with van der Waals surface area (Å²) in [5.41, 5.74) is 0.894. The van der Waals surface area contributed by atoms with Crippen LogP contribution in [-0.2, 0) is 4.79 Å². The van der Waals surface area contributed by atoms with Crippen LogP contribution in [0.1, 0.15) is 18.4 Å². The molecule has 2 aliphatic heterocycles. The Hall–Kier alpha value is -1.79. The first-order chi connectivity index (χ1) is 9.33. The number of carbonyl (C=O) groups excluding carboxylic acids is 1. The molecule has 2 heterocycles. The summed E-state index contributed by atoms with van der Waals surface area (Å²) in [5.74, 6) is 6.28. The first kappa shape index (κ1) is 12.3. The minimum Gasteiger partial charge on any atom is -0.330 e. The van der Waals surface area contributed by atoms with Crippen molar-refractivity contribution in [2.45, 2.75) is 18.9 Å². The number of nitrogens with one attached hydrogen (secondary N) is 1. The molecule has 0 aromatic heterocycles. The largest absolute Gasteiger partial charge is 0.330 e. The Bertz CT molecular complexity index is 501. The highest BCUT2D eigenvalue weighted by Gasteiger charge is 2.35. The second kappa shape index (κ2) is 5.46. The van der Waals surface area contributed by atoms with Crippen molar-refractivity contribution in [3.05, 3.63) is 35.9 Å². The SMILES string of the molecule is O=C(C#Cc1ccccc1)N1C[C@@H]2CCCN[C@@H]2C1. The summed E-state index contributed by atoms with van der Waals surface area (Å²) < 4.78 is 0. The van der Waals surface area contributed by atoms with Crippen LogP contribution in [-0.4, -0.2) is 36.5 Å². The molecule has 3 rings (SSSR count). The molecular formula is C16H18N2O. The van der Waals surface area contributed by atoms with Crippen LogP contribution < -0.4 is 5.32 Å². The number of benzene rings is 1. The number of nitrogens with zero attached hydrogens (tertiary/aromatic N) is 1. The van der Waals surface area contributed by atoms with E-state index in [-0.39, 0.29) is 5.91 Å². The molecule has 0 radical (unpaired) electrons. The van der Waals surface area contributed by atoms with Gasteiger partial charge in [-0.1, -0.05) is 24.1 Å². The van der Waals surface area contributed by atoms with E-state index in [1.165, 1.54) is 12.8 Å². The van der Waals surface area contributed by atoms with Gasteiger partial charge in [0.05, 0.1) is 0 Å². The third-order valence-electron chi connectivity index (χ3n) is 3.97. The minimum atomic E-state index is -0.0416. The Morgan fingerprint density at radius 3 is 2.89 bits per heavy atom. The molecule has 2 saturated heterocycles. The monoisotopic (exact) mass is 254 g/mol. The lowest BCUT2D eigenvalue weighted by atomic mass is 9.94. The molecule has 2 atom stereocenters. The molecule has 3 heteroatoms. The van der Waals surface area contributed by atoms with E-state index in [1.807, 2.05) is 35.2 Å². The van der Waals surface area contributed by atoms with Crippen molar-refractivity contribution >= 4 is 5.91 Å². The summed E-state index contributed by atoms with van der Waals surface area (Å²) in [6.07, 6.45) is 2.45. The third-order valence-corrected chi connectivity index (χ3v) is 3.97. The van der Waals surface area contributed by atoms with Gasteiger partial charge in [-0.05, 0) is 37.4 Å². The lowest BCUT2D eigenvalue weighted by molar-refractivity contribution is -0.124. The Kier molecular flexibility index (Phi) is 3.52. The normalized spacial score (nSPS) is 25.4. The fraction of sp³-hybridized carbons (Fsp3) is 0.438. The number of hydrogen-bond acceptors (Lipinski definition) is 2. The summed E-state index contributed by atoms with van der Waals surface area (Å²) in [6, 6.07) is 10.1. The highest BCUT2D eigenvalue weighted by molar-refractivity contribution is 5.94. The summed E-state index contributed by atoms with van der Waals surface area (Å²) in [7, 11) is 0. The Morgan fingerprint density at radius 1 is 1.26 bits per heavy atom. The van der Waals surface area contributed by atoms with Crippen molar-refractivity contribution in [1.82, 2.24) is 10.2 Å². The molecule has 2 fully saturated rings. The Morgan fingerprint density at radius 2 is 2.11 bits per heavy atom. The second-order valence-corrected chi connectivity index (χ2v) is 5.29. The molecule has 2 aliphatic rings. The van der Waals surface area contributed by atoms with Crippen molar-refractivity contribution in [3.63, 3.8) is 0 Å². The van der Waals surface area contributed by atoms with Crippen LogP contribution in [0, 0.1) is 17.8 Å². The molecule has 0 spiro atoms. The van der Waals surface area contributed by atoms with Gasteiger partial charge in [-0.3, -0.25) is 4.79 Å². The summed E-state index contributed by atoms with van der Waals surface area (Å²) in [4.78, 5) is 14.0. The van der Waals surface area contributed by atoms with E-state index in [2.05, 4.69) is 17.2 Å². The van der Waals surface area contributed by atoms with Gasteiger partial charge in [0.1, 0.15) is 0 Å². The van der Waals surface area contributed by atoms with Crippen LogP contribution in [0.5, 0.6) is 0 Å². The minimum absolute atomic E-state index is 0.0416. The van der Waals surface area contributed by atoms with Crippen molar-refractivity contribution in [2.24, 2.45) is 5.92 Å².